The van der Waals surface area contributed by atoms with Crippen molar-refractivity contribution in [2.45, 2.75) is 37.8 Å². The number of aliphatic hydroxyl groups is 1. The maximum Gasteiger partial charge on any atom is 0.244 e. The average Bonchev–Trinajstić information content (AvgIpc) is 2.90. The Kier molecular flexibility index (Phi) is 4.06. The summed E-state index contributed by atoms with van der Waals surface area (Å²) in [6.07, 6.45) is 6.19. The second-order valence-electron chi connectivity index (χ2n) is 5.53. The fraction of sp³-hybridized carbons (Fsp3) is 0.353. The predicted molar refractivity (Wildman–Crippen MR) is 81.7 cm³/mol. The molecule has 1 aliphatic carbocycles. The number of aliphatic hydroxyl groups excluding tert-OH is 1. The van der Waals surface area contributed by atoms with Crippen molar-refractivity contribution in [1.29, 1.82) is 0 Å². The Bertz CT molecular complexity index is 618. The molecule has 21 heavy (non-hydrogen) atoms. The third kappa shape index (κ3) is 3.52. The molecule has 0 saturated heterocycles. The van der Waals surface area contributed by atoms with E-state index in [0.29, 0.717) is 5.76 Å². The first kappa shape index (κ1) is 13.9. The number of amides is 1. The Morgan fingerprint density at radius 2 is 2.00 bits per heavy atom. The van der Waals surface area contributed by atoms with Gasteiger partial charge in [0.2, 0.25) is 5.91 Å². The molecule has 0 radical (unpaired) electrons. The van der Waals surface area contributed by atoms with Crippen LogP contribution >= 0.6 is 0 Å². The molecule has 1 amide bonds. The highest BCUT2D eigenvalue weighted by atomic mass is 16.3. The van der Waals surface area contributed by atoms with Crippen molar-refractivity contribution in [2.24, 2.45) is 0 Å². The van der Waals surface area contributed by atoms with Crippen molar-refractivity contribution in [2.75, 3.05) is 0 Å². The van der Waals surface area contributed by atoms with Gasteiger partial charge >= 0.3 is 0 Å². The van der Waals surface area contributed by atoms with Crippen LogP contribution in [0, 0.1) is 0 Å². The SMILES string of the molecule is O=C(C=Cc1cc2ccccc2o1)NC1CCC(O)CC1. The molecule has 0 spiro atoms. The smallest absolute Gasteiger partial charge is 0.244 e. The summed E-state index contributed by atoms with van der Waals surface area (Å²) in [5, 5.41) is 13.4. The van der Waals surface area contributed by atoms with Crippen molar-refractivity contribution in [3.8, 4) is 0 Å². The second kappa shape index (κ2) is 6.14. The lowest BCUT2D eigenvalue weighted by Crippen LogP contribution is -2.37. The fourth-order valence-corrected chi connectivity index (χ4v) is 2.71. The van der Waals surface area contributed by atoms with E-state index in [1.807, 2.05) is 30.3 Å². The molecule has 3 rings (SSSR count). The normalized spacial score (nSPS) is 22.7. The minimum absolute atomic E-state index is 0.114. The Balaban J connectivity index is 1.58. The van der Waals surface area contributed by atoms with Gasteiger partial charge in [-0.3, -0.25) is 4.79 Å². The third-order valence-electron chi connectivity index (χ3n) is 3.89. The highest BCUT2D eigenvalue weighted by Gasteiger charge is 2.19. The molecule has 0 unspecified atom stereocenters. The van der Waals surface area contributed by atoms with Crippen molar-refractivity contribution in [3.63, 3.8) is 0 Å². The Morgan fingerprint density at radius 1 is 1.24 bits per heavy atom. The maximum absolute atomic E-state index is 11.9. The quantitative estimate of drug-likeness (QED) is 0.852. The van der Waals surface area contributed by atoms with Gasteiger partial charge in [-0.25, -0.2) is 0 Å². The number of nitrogens with one attached hydrogen (secondary N) is 1. The van der Waals surface area contributed by atoms with Crippen LogP contribution in [0.3, 0.4) is 0 Å². The summed E-state index contributed by atoms with van der Waals surface area (Å²) in [5.41, 5.74) is 0.818. The number of hydrogen-bond acceptors (Lipinski definition) is 3. The van der Waals surface area contributed by atoms with E-state index in [1.165, 1.54) is 6.08 Å². The van der Waals surface area contributed by atoms with Crippen LogP contribution in [0.2, 0.25) is 0 Å². The Morgan fingerprint density at radius 3 is 2.76 bits per heavy atom. The summed E-state index contributed by atoms with van der Waals surface area (Å²) in [4.78, 5) is 11.9. The van der Waals surface area contributed by atoms with Gasteiger partial charge in [-0.15, -0.1) is 0 Å². The lowest BCUT2D eigenvalue weighted by atomic mass is 9.93. The zero-order valence-corrected chi connectivity index (χ0v) is 11.8. The number of furan rings is 1. The van der Waals surface area contributed by atoms with E-state index >= 15 is 0 Å². The number of hydrogen-bond donors (Lipinski definition) is 2. The summed E-state index contributed by atoms with van der Waals surface area (Å²) in [6, 6.07) is 9.83. The van der Waals surface area contributed by atoms with Gasteiger partial charge in [-0.05, 0) is 43.9 Å². The van der Waals surface area contributed by atoms with Crippen LogP contribution in [-0.2, 0) is 4.79 Å². The number of carbonyl (C=O) groups is 1. The van der Waals surface area contributed by atoms with Gasteiger partial charge in [0, 0.05) is 17.5 Å². The largest absolute Gasteiger partial charge is 0.457 e. The molecule has 2 N–H and O–H groups in total. The molecule has 2 aromatic rings. The van der Waals surface area contributed by atoms with Gasteiger partial charge < -0.3 is 14.8 Å². The minimum atomic E-state index is -0.204. The van der Waals surface area contributed by atoms with Crippen LogP contribution in [0.25, 0.3) is 17.0 Å². The first-order valence-corrected chi connectivity index (χ1v) is 7.36. The summed E-state index contributed by atoms with van der Waals surface area (Å²) in [7, 11) is 0. The average molecular weight is 285 g/mol. The standard InChI is InChI=1S/C17H19NO3/c19-14-7-5-13(6-8-14)18-17(20)10-9-15-11-12-3-1-2-4-16(12)21-15/h1-4,9-11,13-14,19H,5-8H2,(H,18,20). The molecule has 1 aromatic heterocycles. The molecule has 4 nitrogen and oxygen atoms in total. The van der Waals surface area contributed by atoms with Crippen molar-refractivity contribution in [3.05, 3.63) is 42.2 Å². The highest BCUT2D eigenvalue weighted by molar-refractivity contribution is 5.92. The monoisotopic (exact) mass is 285 g/mol. The number of rotatable bonds is 3. The van der Waals surface area contributed by atoms with E-state index < -0.39 is 0 Å². The molecule has 1 aliphatic rings. The zero-order chi connectivity index (χ0) is 14.7. The van der Waals surface area contributed by atoms with Crippen molar-refractivity contribution < 1.29 is 14.3 Å². The van der Waals surface area contributed by atoms with Gasteiger partial charge in [0.1, 0.15) is 11.3 Å². The van der Waals surface area contributed by atoms with Crippen LogP contribution in [-0.4, -0.2) is 23.2 Å². The van der Waals surface area contributed by atoms with Gasteiger partial charge in [-0.1, -0.05) is 18.2 Å². The van der Waals surface area contributed by atoms with E-state index in [9.17, 15) is 9.90 Å². The van der Waals surface area contributed by atoms with Gasteiger partial charge in [0.25, 0.3) is 0 Å². The summed E-state index contributed by atoms with van der Waals surface area (Å²) in [6.45, 7) is 0. The lowest BCUT2D eigenvalue weighted by Gasteiger charge is -2.25. The van der Waals surface area contributed by atoms with Crippen molar-refractivity contribution >= 4 is 23.0 Å². The minimum Gasteiger partial charge on any atom is -0.457 e. The fourth-order valence-electron chi connectivity index (χ4n) is 2.71. The van der Waals surface area contributed by atoms with Gasteiger partial charge in [0.05, 0.1) is 6.10 Å². The molecule has 4 heteroatoms. The van der Waals surface area contributed by atoms with E-state index in [1.54, 1.807) is 6.08 Å². The molecule has 1 fully saturated rings. The maximum atomic E-state index is 11.9. The van der Waals surface area contributed by atoms with E-state index in [2.05, 4.69) is 5.32 Å². The van der Waals surface area contributed by atoms with Gasteiger partial charge in [0.15, 0.2) is 0 Å². The molecule has 0 aliphatic heterocycles. The second-order valence-corrected chi connectivity index (χ2v) is 5.53. The number of carbonyl (C=O) groups excluding carboxylic acids is 1. The highest BCUT2D eigenvalue weighted by Crippen LogP contribution is 2.20. The molecular formula is C17H19NO3. The number of para-hydroxylation sites is 1. The van der Waals surface area contributed by atoms with Crippen LogP contribution in [0.5, 0.6) is 0 Å². The lowest BCUT2D eigenvalue weighted by molar-refractivity contribution is -0.117. The number of benzene rings is 1. The van der Waals surface area contributed by atoms with E-state index in [-0.39, 0.29) is 18.1 Å². The summed E-state index contributed by atoms with van der Waals surface area (Å²) < 4.78 is 5.62. The molecule has 110 valence electrons. The van der Waals surface area contributed by atoms with E-state index in [0.717, 1.165) is 36.7 Å². The van der Waals surface area contributed by atoms with Crippen LogP contribution in [0.4, 0.5) is 0 Å². The van der Waals surface area contributed by atoms with E-state index in [4.69, 9.17) is 4.42 Å². The van der Waals surface area contributed by atoms with Crippen LogP contribution in [0.15, 0.2) is 40.8 Å². The topological polar surface area (TPSA) is 62.5 Å². The first-order chi connectivity index (χ1) is 10.2. The van der Waals surface area contributed by atoms with Crippen molar-refractivity contribution in [1.82, 2.24) is 5.32 Å². The molecule has 1 saturated carbocycles. The first-order valence-electron chi connectivity index (χ1n) is 7.36. The van der Waals surface area contributed by atoms with Crippen LogP contribution in [0.1, 0.15) is 31.4 Å². The molecule has 1 heterocycles. The molecular weight excluding hydrogens is 266 g/mol. The Labute approximate surface area is 123 Å². The molecule has 0 atom stereocenters. The zero-order valence-electron chi connectivity index (χ0n) is 11.8. The summed E-state index contributed by atoms with van der Waals surface area (Å²) >= 11 is 0. The molecule has 1 aromatic carbocycles. The predicted octanol–water partition coefficient (Wildman–Crippen LogP) is 2.87. The third-order valence-corrected chi connectivity index (χ3v) is 3.89. The van der Waals surface area contributed by atoms with Gasteiger partial charge in [-0.2, -0.15) is 0 Å². The molecule has 0 bridgehead atoms. The number of fused-ring (bicyclic) bond motifs is 1. The summed E-state index contributed by atoms with van der Waals surface area (Å²) in [5.74, 6) is 0.558. The van der Waals surface area contributed by atoms with Crippen LogP contribution < -0.4 is 5.32 Å². The Hall–Kier alpha value is -2.07.